The molecule has 0 spiro atoms. The van der Waals surface area contributed by atoms with Crippen LogP contribution in [0.15, 0.2) is 48.5 Å². The van der Waals surface area contributed by atoms with Crippen LogP contribution < -0.4 is 9.62 Å². The van der Waals surface area contributed by atoms with Crippen molar-refractivity contribution >= 4 is 38.1 Å². The molecular formula is C19H19FN4O3S2. The SMILES string of the molecule is Cc1ccc(-c2nnc(NC(=O)C(C)N(c3ccccc3F)S(C)(=O)=O)s2)cc1. The van der Waals surface area contributed by atoms with Crippen molar-refractivity contribution in [1.29, 1.82) is 0 Å². The molecule has 1 unspecified atom stereocenters. The van der Waals surface area contributed by atoms with Crippen molar-refractivity contribution in [3.8, 4) is 10.6 Å². The van der Waals surface area contributed by atoms with E-state index in [9.17, 15) is 17.6 Å². The summed E-state index contributed by atoms with van der Waals surface area (Å²) in [6, 6.07) is 11.9. The van der Waals surface area contributed by atoms with Crippen molar-refractivity contribution in [2.45, 2.75) is 19.9 Å². The molecule has 0 aliphatic heterocycles. The predicted molar refractivity (Wildman–Crippen MR) is 112 cm³/mol. The highest BCUT2D eigenvalue weighted by Crippen LogP contribution is 2.28. The second-order valence-corrected chi connectivity index (χ2v) is 9.29. The number of hydrogen-bond acceptors (Lipinski definition) is 6. The first kappa shape index (κ1) is 20.9. The van der Waals surface area contributed by atoms with E-state index in [0.29, 0.717) is 5.01 Å². The first-order valence-electron chi connectivity index (χ1n) is 8.62. The third-order valence-electron chi connectivity index (χ3n) is 4.13. The lowest BCUT2D eigenvalue weighted by Crippen LogP contribution is -2.45. The summed E-state index contributed by atoms with van der Waals surface area (Å²) < 4.78 is 39.4. The Hall–Kier alpha value is -2.85. The minimum Gasteiger partial charge on any atom is -0.299 e. The Labute approximate surface area is 172 Å². The third-order valence-corrected chi connectivity index (χ3v) is 6.25. The summed E-state index contributed by atoms with van der Waals surface area (Å²) in [6.07, 6.45) is 0.920. The smallest absolute Gasteiger partial charge is 0.249 e. The van der Waals surface area contributed by atoms with Gasteiger partial charge in [-0.05, 0) is 26.0 Å². The van der Waals surface area contributed by atoms with E-state index in [2.05, 4.69) is 15.5 Å². The summed E-state index contributed by atoms with van der Waals surface area (Å²) in [4.78, 5) is 12.7. The van der Waals surface area contributed by atoms with Crippen LogP contribution in [0.4, 0.5) is 15.2 Å². The van der Waals surface area contributed by atoms with E-state index in [1.54, 1.807) is 0 Å². The van der Waals surface area contributed by atoms with E-state index in [4.69, 9.17) is 0 Å². The zero-order valence-corrected chi connectivity index (χ0v) is 17.6. The minimum absolute atomic E-state index is 0.199. The maximum atomic E-state index is 14.2. The van der Waals surface area contributed by atoms with E-state index in [1.807, 2.05) is 31.2 Å². The van der Waals surface area contributed by atoms with Gasteiger partial charge in [0.25, 0.3) is 0 Å². The number of hydrogen-bond donors (Lipinski definition) is 1. The molecule has 0 fully saturated rings. The Balaban J connectivity index is 1.82. The van der Waals surface area contributed by atoms with Crippen molar-refractivity contribution < 1.29 is 17.6 Å². The van der Waals surface area contributed by atoms with Crippen molar-refractivity contribution in [3.63, 3.8) is 0 Å². The van der Waals surface area contributed by atoms with Gasteiger partial charge in [0.15, 0.2) is 0 Å². The quantitative estimate of drug-likeness (QED) is 0.642. The maximum absolute atomic E-state index is 14.2. The van der Waals surface area contributed by atoms with Crippen molar-refractivity contribution in [1.82, 2.24) is 10.2 Å². The molecule has 0 radical (unpaired) electrons. The molecule has 0 bridgehead atoms. The predicted octanol–water partition coefficient (Wildman–Crippen LogP) is 3.45. The van der Waals surface area contributed by atoms with Gasteiger partial charge >= 0.3 is 0 Å². The number of nitrogens with zero attached hydrogens (tertiary/aromatic N) is 3. The minimum atomic E-state index is -3.92. The Bertz CT molecular complexity index is 1130. The van der Waals surface area contributed by atoms with Gasteiger partial charge in [-0.15, -0.1) is 10.2 Å². The van der Waals surface area contributed by atoms with Crippen LogP contribution in [0.1, 0.15) is 12.5 Å². The maximum Gasteiger partial charge on any atom is 0.249 e. The number of carbonyl (C=O) groups excluding carboxylic acids is 1. The molecule has 3 aromatic rings. The molecular weight excluding hydrogens is 415 g/mol. The summed E-state index contributed by atoms with van der Waals surface area (Å²) in [5, 5.41) is 11.4. The van der Waals surface area contributed by atoms with E-state index >= 15 is 0 Å². The topological polar surface area (TPSA) is 92.3 Å². The van der Waals surface area contributed by atoms with Crippen LogP contribution in [0.3, 0.4) is 0 Å². The number of nitrogens with one attached hydrogen (secondary N) is 1. The van der Waals surface area contributed by atoms with Crippen LogP contribution in [0, 0.1) is 12.7 Å². The van der Waals surface area contributed by atoms with Gasteiger partial charge in [-0.3, -0.25) is 14.4 Å². The number of para-hydroxylation sites is 1. The monoisotopic (exact) mass is 434 g/mol. The van der Waals surface area contributed by atoms with Crippen LogP contribution in [0.25, 0.3) is 10.6 Å². The summed E-state index contributed by atoms with van der Waals surface area (Å²) in [5.74, 6) is -1.39. The molecule has 1 amide bonds. The fourth-order valence-corrected chi connectivity index (χ4v) is 4.64. The van der Waals surface area contributed by atoms with Crippen LogP contribution in [-0.4, -0.2) is 36.8 Å². The van der Waals surface area contributed by atoms with E-state index in [-0.39, 0.29) is 10.8 Å². The number of carbonyl (C=O) groups is 1. The molecule has 1 aromatic heterocycles. The Kier molecular flexibility index (Phi) is 5.94. The average Bonchev–Trinajstić information content (AvgIpc) is 3.11. The molecule has 1 N–H and O–H groups in total. The summed E-state index contributed by atoms with van der Waals surface area (Å²) >= 11 is 1.16. The highest BCUT2D eigenvalue weighted by Gasteiger charge is 2.31. The first-order chi connectivity index (χ1) is 13.7. The van der Waals surface area contributed by atoms with Crippen LogP contribution in [-0.2, 0) is 14.8 Å². The lowest BCUT2D eigenvalue weighted by Gasteiger charge is -2.28. The fraction of sp³-hybridized carbons (Fsp3) is 0.211. The summed E-state index contributed by atoms with van der Waals surface area (Å²) in [7, 11) is -3.92. The third kappa shape index (κ3) is 4.77. The molecule has 0 aliphatic carbocycles. The van der Waals surface area contributed by atoms with Crippen LogP contribution >= 0.6 is 11.3 Å². The second kappa shape index (κ2) is 8.26. The second-order valence-electron chi connectivity index (χ2n) is 6.45. The van der Waals surface area contributed by atoms with Gasteiger partial charge in [0.1, 0.15) is 16.9 Å². The first-order valence-corrected chi connectivity index (χ1v) is 11.3. The van der Waals surface area contributed by atoms with Gasteiger partial charge in [-0.25, -0.2) is 12.8 Å². The van der Waals surface area contributed by atoms with Crippen LogP contribution in [0.2, 0.25) is 0 Å². The number of aryl methyl sites for hydroxylation is 1. The molecule has 0 aliphatic rings. The van der Waals surface area contributed by atoms with Gasteiger partial charge in [0, 0.05) is 5.56 Å². The molecule has 29 heavy (non-hydrogen) atoms. The van der Waals surface area contributed by atoms with Gasteiger partial charge in [0.2, 0.25) is 21.1 Å². The number of anilines is 2. The molecule has 1 heterocycles. The van der Waals surface area contributed by atoms with Crippen molar-refractivity contribution in [3.05, 3.63) is 59.9 Å². The van der Waals surface area contributed by atoms with Gasteiger partial charge in [-0.1, -0.05) is 53.3 Å². The van der Waals surface area contributed by atoms with Crippen LogP contribution in [0.5, 0.6) is 0 Å². The highest BCUT2D eigenvalue weighted by molar-refractivity contribution is 7.92. The lowest BCUT2D eigenvalue weighted by molar-refractivity contribution is -0.116. The molecule has 0 saturated heterocycles. The number of rotatable bonds is 6. The number of halogens is 1. The molecule has 1 atom stereocenters. The molecule has 10 heteroatoms. The van der Waals surface area contributed by atoms with Crippen molar-refractivity contribution in [2.24, 2.45) is 0 Å². The number of aromatic nitrogens is 2. The van der Waals surface area contributed by atoms with Gasteiger partial charge < -0.3 is 0 Å². The molecule has 2 aromatic carbocycles. The number of sulfonamides is 1. The molecule has 152 valence electrons. The Morgan fingerprint density at radius 3 is 2.41 bits per heavy atom. The summed E-state index contributed by atoms with van der Waals surface area (Å²) in [6.45, 7) is 3.35. The van der Waals surface area contributed by atoms with Gasteiger partial charge in [-0.2, -0.15) is 0 Å². The lowest BCUT2D eigenvalue weighted by atomic mass is 10.2. The van der Waals surface area contributed by atoms with E-state index < -0.39 is 27.8 Å². The standard InChI is InChI=1S/C19H19FN4O3S2/c1-12-8-10-14(11-9-12)18-22-23-19(28-18)21-17(25)13(2)24(29(3,26)27)16-7-5-4-6-15(16)20/h4-11,13H,1-3H3,(H,21,23,25). The average molecular weight is 435 g/mol. The molecule has 7 nitrogen and oxygen atoms in total. The van der Waals surface area contributed by atoms with Crippen molar-refractivity contribution in [2.75, 3.05) is 15.9 Å². The zero-order chi connectivity index (χ0) is 21.2. The zero-order valence-electron chi connectivity index (χ0n) is 16.0. The van der Waals surface area contributed by atoms with E-state index in [0.717, 1.165) is 39.1 Å². The Morgan fingerprint density at radius 1 is 1.14 bits per heavy atom. The molecule has 3 rings (SSSR count). The molecule has 0 saturated carbocycles. The number of amides is 1. The Morgan fingerprint density at radius 2 is 1.79 bits per heavy atom. The van der Waals surface area contributed by atoms with Gasteiger partial charge in [0.05, 0.1) is 11.9 Å². The fourth-order valence-electron chi connectivity index (χ4n) is 2.71. The number of benzene rings is 2. The summed E-state index contributed by atoms with van der Waals surface area (Å²) in [5.41, 5.74) is 1.76. The highest BCUT2D eigenvalue weighted by atomic mass is 32.2. The van der Waals surface area contributed by atoms with E-state index in [1.165, 1.54) is 25.1 Å². The normalized spacial score (nSPS) is 12.4. The largest absolute Gasteiger partial charge is 0.299 e.